The highest BCUT2D eigenvalue weighted by Gasteiger charge is 2.50. The lowest BCUT2D eigenvalue weighted by Gasteiger charge is -2.35. The molecule has 1 aliphatic heterocycles. The van der Waals surface area contributed by atoms with Crippen molar-refractivity contribution in [1.82, 2.24) is 0 Å². The molecule has 8 heteroatoms. The Hall–Kier alpha value is -3.04. The summed E-state index contributed by atoms with van der Waals surface area (Å²) in [6, 6.07) is 17.0. The molecule has 0 aliphatic carbocycles. The molecule has 248 valence electrons. The average Bonchev–Trinajstić information content (AvgIpc) is 3.35. The molecule has 2 N–H and O–H groups in total. The largest absolute Gasteiger partial charge is 0.497 e. The monoisotopic (exact) mass is 624 g/mol. The molecule has 8 nitrogen and oxygen atoms in total. The molecule has 0 radical (unpaired) electrons. The Balaban J connectivity index is 1.62. The van der Waals surface area contributed by atoms with Gasteiger partial charge in [-0.1, -0.05) is 76.6 Å². The van der Waals surface area contributed by atoms with Crippen LogP contribution in [0.25, 0.3) is 0 Å². The number of ketones is 1. The lowest BCUT2D eigenvalue weighted by atomic mass is 9.81. The second-order valence-corrected chi connectivity index (χ2v) is 12.8. The molecule has 0 bridgehead atoms. The van der Waals surface area contributed by atoms with E-state index in [1.54, 1.807) is 13.2 Å². The van der Waals surface area contributed by atoms with Crippen molar-refractivity contribution in [3.05, 3.63) is 77.9 Å². The number of carbonyl (C=O) groups is 2. The van der Waals surface area contributed by atoms with Crippen molar-refractivity contribution in [1.29, 1.82) is 0 Å². The highest BCUT2D eigenvalue weighted by molar-refractivity contribution is 5.82. The molecule has 0 saturated carbocycles. The lowest BCUT2D eigenvalue weighted by molar-refractivity contribution is -0.140. The van der Waals surface area contributed by atoms with Crippen molar-refractivity contribution < 1.29 is 38.7 Å². The van der Waals surface area contributed by atoms with Gasteiger partial charge in [0.15, 0.2) is 0 Å². The van der Waals surface area contributed by atoms with Crippen LogP contribution in [0.2, 0.25) is 0 Å². The van der Waals surface area contributed by atoms with Gasteiger partial charge >= 0.3 is 5.97 Å². The van der Waals surface area contributed by atoms with Gasteiger partial charge in [-0.05, 0) is 60.4 Å². The van der Waals surface area contributed by atoms with Gasteiger partial charge in [-0.2, -0.15) is 0 Å². The van der Waals surface area contributed by atoms with Crippen molar-refractivity contribution in [2.45, 2.75) is 110 Å². The van der Waals surface area contributed by atoms with Crippen LogP contribution in [0, 0.1) is 17.8 Å². The molecule has 0 aromatic heterocycles. The Morgan fingerprint density at radius 1 is 1.02 bits per heavy atom. The molecule has 1 saturated heterocycles. The molecule has 2 aromatic rings. The number of Topliss-reactive ketones (excluding diaryl/α,β-unsaturated/α-hetero) is 1. The van der Waals surface area contributed by atoms with Crippen LogP contribution in [0.15, 0.2) is 66.7 Å². The normalized spacial score (nSPS) is 23.3. The number of carbonyl (C=O) groups excluding carboxylic acids is 2. The third-order valence-corrected chi connectivity index (χ3v) is 9.16. The van der Waals surface area contributed by atoms with E-state index in [0.29, 0.717) is 18.8 Å². The summed E-state index contributed by atoms with van der Waals surface area (Å²) in [4.78, 5) is 25.9. The van der Waals surface area contributed by atoms with Gasteiger partial charge in [0.25, 0.3) is 0 Å². The smallest absolute Gasteiger partial charge is 0.330 e. The Morgan fingerprint density at radius 2 is 1.69 bits per heavy atom. The van der Waals surface area contributed by atoms with Crippen LogP contribution >= 0.6 is 0 Å². The first kappa shape index (κ1) is 36.4. The number of aliphatic hydroxyl groups is 2. The molecule has 45 heavy (non-hydrogen) atoms. The summed E-state index contributed by atoms with van der Waals surface area (Å²) in [6.07, 6.45) is 2.93. The quantitative estimate of drug-likeness (QED) is 0.149. The first-order chi connectivity index (χ1) is 21.4. The van der Waals surface area contributed by atoms with E-state index < -0.39 is 36.0 Å². The van der Waals surface area contributed by atoms with Crippen LogP contribution < -0.4 is 4.74 Å². The highest BCUT2D eigenvalue weighted by atomic mass is 16.5. The zero-order valence-corrected chi connectivity index (χ0v) is 27.7. The first-order valence-electron chi connectivity index (χ1n) is 16.1. The predicted octanol–water partition coefficient (Wildman–Crippen LogP) is 6.21. The molecule has 1 heterocycles. The van der Waals surface area contributed by atoms with Crippen LogP contribution in [0.1, 0.15) is 77.8 Å². The molecule has 2 aromatic carbocycles. The summed E-state index contributed by atoms with van der Waals surface area (Å²) in [7, 11) is 1.61. The zero-order valence-electron chi connectivity index (χ0n) is 27.7. The molecule has 0 spiro atoms. The van der Waals surface area contributed by atoms with Crippen LogP contribution in [-0.2, 0) is 37.0 Å². The summed E-state index contributed by atoms with van der Waals surface area (Å²) in [5.74, 6) is 0.102. The number of aliphatic hydroxyl groups excluding tert-OH is 2. The van der Waals surface area contributed by atoms with Gasteiger partial charge in [0.1, 0.15) is 18.1 Å². The third-order valence-electron chi connectivity index (χ3n) is 9.16. The van der Waals surface area contributed by atoms with E-state index in [1.165, 1.54) is 6.08 Å². The fraction of sp³-hybridized carbons (Fsp3) is 0.568. The van der Waals surface area contributed by atoms with Gasteiger partial charge in [-0.15, -0.1) is 0 Å². The number of methoxy groups -OCH3 is 1. The molecule has 0 amide bonds. The Morgan fingerprint density at radius 3 is 2.33 bits per heavy atom. The van der Waals surface area contributed by atoms with E-state index in [4.69, 9.17) is 18.9 Å². The minimum atomic E-state index is -0.938. The fourth-order valence-electron chi connectivity index (χ4n) is 5.69. The SMILES string of the molecule is CC[C@H](C)C[C@H](O)[C@@H]1C[C@H](O)[C@](C)([C@@H](C)CC(=O)C[C@H](C)[C@@H](/C=C/C(=O)OCc2ccccc2)OCc2ccc(OC)cc2)O1. The van der Waals surface area contributed by atoms with Gasteiger partial charge in [-0.3, -0.25) is 4.79 Å². The zero-order chi connectivity index (χ0) is 33.0. The van der Waals surface area contributed by atoms with Crippen molar-refractivity contribution in [2.24, 2.45) is 17.8 Å². The summed E-state index contributed by atoms with van der Waals surface area (Å²) in [5.41, 5.74) is 0.881. The Kier molecular flexibility index (Phi) is 14.2. The van der Waals surface area contributed by atoms with Crippen molar-refractivity contribution in [3.8, 4) is 5.75 Å². The predicted molar refractivity (Wildman–Crippen MR) is 173 cm³/mol. The molecule has 8 atom stereocenters. The minimum Gasteiger partial charge on any atom is -0.497 e. The lowest BCUT2D eigenvalue weighted by Crippen LogP contribution is -2.44. The molecule has 0 unspecified atom stereocenters. The highest BCUT2D eigenvalue weighted by Crippen LogP contribution is 2.40. The van der Waals surface area contributed by atoms with E-state index in [2.05, 4.69) is 13.8 Å². The number of hydrogen-bond donors (Lipinski definition) is 2. The van der Waals surface area contributed by atoms with Gasteiger partial charge in [0.05, 0.1) is 43.7 Å². The maximum Gasteiger partial charge on any atom is 0.330 e. The van der Waals surface area contributed by atoms with Crippen LogP contribution in [-0.4, -0.2) is 59.1 Å². The van der Waals surface area contributed by atoms with Gasteiger partial charge in [0.2, 0.25) is 0 Å². The van der Waals surface area contributed by atoms with Gasteiger partial charge in [-0.25, -0.2) is 4.79 Å². The van der Waals surface area contributed by atoms with E-state index in [0.717, 1.165) is 23.3 Å². The van der Waals surface area contributed by atoms with Crippen molar-refractivity contribution >= 4 is 11.8 Å². The Labute approximate surface area is 268 Å². The van der Waals surface area contributed by atoms with Crippen LogP contribution in [0.4, 0.5) is 0 Å². The summed E-state index contributed by atoms with van der Waals surface area (Å²) in [5, 5.41) is 21.7. The van der Waals surface area contributed by atoms with Gasteiger partial charge in [0, 0.05) is 25.3 Å². The maximum absolute atomic E-state index is 13.3. The molecular weight excluding hydrogens is 572 g/mol. The molecular formula is C37H52O8. The second kappa shape index (κ2) is 17.6. The number of hydrogen-bond acceptors (Lipinski definition) is 8. The van der Waals surface area contributed by atoms with Crippen molar-refractivity contribution in [2.75, 3.05) is 7.11 Å². The number of benzene rings is 2. The van der Waals surface area contributed by atoms with Crippen molar-refractivity contribution in [3.63, 3.8) is 0 Å². The topological polar surface area (TPSA) is 112 Å². The van der Waals surface area contributed by atoms with Gasteiger partial charge < -0.3 is 29.2 Å². The number of rotatable bonds is 18. The minimum absolute atomic E-state index is 0.00808. The third kappa shape index (κ3) is 11.1. The Bertz CT molecular complexity index is 1210. The van der Waals surface area contributed by atoms with E-state index in [1.807, 2.05) is 75.4 Å². The van der Waals surface area contributed by atoms with E-state index >= 15 is 0 Å². The standard InChI is InChI=1S/C37H52O8/c1-7-25(2)19-32(39)34-22-35(40)37(5,45-34)27(4)21-30(38)20-26(3)33(43-23-29-13-15-31(42-6)16-14-29)17-18-36(41)44-24-28-11-9-8-10-12-28/h8-18,25-27,32-35,39-40H,7,19-24H2,1-6H3/b18-17+/t25-,26-,27-,32-,33+,34-,35-,37-/m0/s1. The first-order valence-corrected chi connectivity index (χ1v) is 16.1. The average molecular weight is 625 g/mol. The van der Waals surface area contributed by atoms with Crippen LogP contribution in [0.5, 0.6) is 5.75 Å². The van der Waals surface area contributed by atoms with Crippen LogP contribution in [0.3, 0.4) is 0 Å². The van der Waals surface area contributed by atoms with E-state index in [-0.39, 0.29) is 43.7 Å². The van der Waals surface area contributed by atoms with E-state index in [9.17, 15) is 19.8 Å². The number of esters is 1. The fourth-order valence-corrected chi connectivity index (χ4v) is 5.69. The summed E-state index contributed by atoms with van der Waals surface area (Å²) >= 11 is 0. The summed E-state index contributed by atoms with van der Waals surface area (Å²) in [6.45, 7) is 10.3. The summed E-state index contributed by atoms with van der Waals surface area (Å²) < 4.78 is 23.1. The molecule has 3 rings (SSSR count). The second-order valence-electron chi connectivity index (χ2n) is 12.8. The number of ether oxygens (including phenoxy) is 4. The molecule has 1 aliphatic rings. The molecule has 1 fully saturated rings. The maximum atomic E-state index is 13.3.